The van der Waals surface area contributed by atoms with E-state index in [9.17, 15) is 10.2 Å². The van der Waals surface area contributed by atoms with Crippen molar-refractivity contribution in [1.82, 2.24) is 0 Å². The highest BCUT2D eigenvalue weighted by Gasteiger charge is 2.34. The topological polar surface area (TPSA) is 40.5 Å². The molecule has 2 rings (SSSR count). The summed E-state index contributed by atoms with van der Waals surface area (Å²) in [6.45, 7) is 21.6. The predicted octanol–water partition coefficient (Wildman–Crippen LogP) is 10.4. The Morgan fingerprint density at radius 2 is 1.21 bits per heavy atom. The van der Waals surface area contributed by atoms with Crippen LogP contribution in [0.25, 0.3) is 0 Å². The molecule has 0 amide bonds. The number of aliphatic hydroxyl groups excluding tert-OH is 2. The highest BCUT2D eigenvalue weighted by molar-refractivity contribution is 5.38. The fourth-order valence-electron chi connectivity index (χ4n) is 6.14. The lowest BCUT2D eigenvalue weighted by Crippen LogP contribution is -2.32. The van der Waals surface area contributed by atoms with Crippen LogP contribution in [0.15, 0.2) is 130 Å². The zero-order chi connectivity index (χ0) is 31.5. The molecule has 0 aliphatic heterocycles. The van der Waals surface area contributed by atoms with E-state index in [1.54, 1.807) is 0 Å². The SMILES string of the molecule is CC1=CC(O)CC(C)(C)[C@H]1/C=C/C(C)=C/C=C/C(C)=C/C=C/C=C(C)/C=C/C=C(C)/C=C/C1=C(C)C[C@@H](O)CC1(C)C. The largest absolute Gasteiger partial charge is 0.393 e. The van der Waals surface area contributed by atoms with Crippen molar-refractivity contribution in [2.45, 2.75) is 101 Å². The third-order valence-electron chi connectivity index (χ3n) is 8.33. The van der Waals surface area contributed by atoms with Crippen molar-refractivity contribution in [2.75, 3.05) is 0 Å². The van der Waals surface area contributed by atoms with Crippen molar-refractivity contribution in [3.05, 3.63) is 130 Å². The van der Waals surface area contributed by atoms with Crippen LogP contribution in [-0.4, -0.2) is 22.4 Å². The Labute approximate surface area is 257 Å². The molecule has 0 bridgehead atoms. The Hall–Kier alpha value is -2.94. The third-order valence-corrected chi connectivity index (χ3v) is 8.33. The Bertz CT molecular complexity index is 1270. The van der Waals surface area contributed by atoms with Gasteiger partial charge in [0.1, 0.15) is 0 Å². The molecule has 2 heteroatoms. The number of allylic oxidation sites excluding steroid dienone is 20. The van der Waals surface area contributed by atoms with Gasteiger partial charge in [0.05, 0.1) is 12.2 Å². The molecule has 0 heterocycles. The van der Waals surface area contributed by atoms with Gasteiger partial charge in [0.25, 0.3) is 0 Å². The molecule has 0 fully saturated rings. The predicted molar refractivity (Wildman–Crippen MR) is 184 cm³/mol. The van der Waals surface area contributed by atoms with Crippen LogP contribution in [0.1, 0.15) is 88.5 Å². The maximum Gasteiger partial charge on any atom is 0.0729 e. The minimum absolute atomic E-state index is 0.00528. The Morgan fingerprint density at radius 3 is 1.74 bits per heavy atom. The molecule has 1 unspecified atom stereocenters. The molecule has 42 heavy (non-hydrogen) atoms. The van der Waals surface area contributed by atoms with Crippen molar-refractivity contribution >= 4 is 0 Å². The van der Waals surface area contributed by atoms with Gasteiger partial charge in [-0.05, 0) is 77.2 Å². The van der Waals surface area contributed by atoms with Gasteiger partial charge in [-0.15, -0.1) is 0 Å². The summed E-state index contributed by atoms with van der Waals surface area (Å²) in [5.74, 6) is 0.348. The zero-order valence-corrected chi connectivity index (χ0v) is 27.9. The Balaban J connectivity index is 1.90. The monoisotopic (exact) mass is 568 g/mol. The molecule has 0 aromatic rings. The van der Waals surface area contributed by atoms with Gasteiger partial charge in [0, 0.05) is 5.92 Å². The number of rotatable bonds is 10. The van der Waals surface area contributed by atoms with E-state index in [4.69, 9.17) is 0 Å². The second kappa shape index (κ2) is 16.1. The van der Waals surface area contributed by atoms with Crippen LogP contribution >= 0.6 is 0 Å². The lowest BCUT2D eigenvalue weighted by molar-refractivity contribution is 0.116. The molecule has 0 radical (unpaired) electrons. The fourth-order valence-corrected chi connectivity index (χ4v) is 6.14. The molecule has 3 atom stereocenters. The molecule has 0 saturated carbocycles. The Morgan fingerprint density at radius 1 is 0.714 bits per heavy atom. The van der Waals surface area contributed by atoms with Crippen molar-refractivity contribution in [1.29, 1.82) is 0 Å². The van der Waals surface area contributed by atoms with E-state index >= 15 is 0 Å². The average Bonchev–Trinajstić information content (AvgIpc) is 2.84. The summed E-state index contributed by atoms with van der Waals surface area (Å²) in [7, 11) is 0. The molecule has 228 valence electrons. The molecule has 2 aliphatic carbocycles. The number of hydrogen-bond donors (Lipinski definition) is 2. The van der Waals surface area contributed by atoms with E-state index in [0.29, 0.717) is 5.92 Å². The number of aliphatic hydroxyl groups is 2. The van der Waals surface area contributed by atoms with Crippen LogP contribution in [0.5, 0.6) is 0 Å². The van der Waals surface area contributed by atoms with Gasteiger partial charge in [-0.2, -0.15) is 0 Å². The summed E-state index contributed by atoms with van der Waals surface area (Å²) < 4.78 is 0. The first-order valence-corrected chi connectivity index (χ1v) is 15.4. The summed E-state index contributed by atoms with van der Waals surface area (Å²) >= 11 is 0. The summed E-state index contributed by atoms with van der Waals surface area (Å²) in [5, 5.41) is 20.2. The first kappa shape index (κ1) is 35.3. The lowest BCUT2D eigenvalue weighted by Gasteiger charge is -2.38. The highest BCUT2D eigenvalue weighted by Crippen LogP contribution is 2.42. The lowest BCUT2D eigenvalue weighted by atomic mass is 9.67. The third kappa shape index (κ3) is 11.7. The maximum absolute atomic E-state index is 10.1. The van der Waals surface area contributed by atoms with Gasteiger partial charge in [-0.25, -0.2) is 0 Å². The molecule has 0 aromatic heterocycles. The molecule has 0 spiro atoms. The van der Waals surface area contributed by atoms with E-state index < -0.39 is 0 Å². The minimum Gasteiger partial charge on any atom is -0.393 e. The van der Waals surface area contributed by atoms with Gasteiger partial charge in [0.15, 0.2) is 0 Å². The van der Waals surface area contributed by atoms with E-state index in [1.165, 1.54) is 39.0 Å². The van der Waals surface area contributed by atoms with E-state index in [1.807, 2.05) is 6.08 Å². The molecule has 0 aromatic carbocycles. The van der Waals surface area contributed by atoms with Gasteiger partial charge >= 0.3 is 0 Å². The smallest absolute Gasteiger partial charge is 0.0729 e. The molecule has 2 nitrogen and oxygen atoms in total. The van der Waals surface area contributed by atoms with E-state index in [-0.39, 0.29) is 23.0 Å². The second-order valence-electron chi connectivity index (χ2n) is 13.7. The molecule has 2 aliphatic rings. The van der Waals surface area contributed by atoms with Gasteiger partial charge < -0.3 is 10.2 Å². The minimum atomic E-state index is -0.331. The first-order chi connectivity index (χ1) is 19.6. The van der Waals surface area contributed by atoms with Crippen molar-refractivity contribution < 1.29 is 10.2 Å². The molecule has 0 saturated heterocycles. The van der Waals surface area contributed by atoms with Crippen LogP contribution in [0.4, 0.5) is 0 Å². The normalized spacial score (nSPS) is 26.6. The number of hydrogen-bond acceptors (Lipinski definition) is 2. The average molecular weight is 569 g/mol. The first-order valence-electron chi connectivity index (χ1n) is 15.4. The van der Waals surface area contributed by atoms with Crippen molar-refractivity contribution in [2.24, 2.45) is 16.7 Å². The van der Waals surface area contributed by atoms with Crippen LogP contribution in [0.3, 0.4) is 0 Å². The summed E-state index contributed by atoms with van der Waals surface area (Å²) in [4.78, 5) is 0. The standard InChI is InChI=1S/C40H56O2/c1-29(17-13-19-31(3)21-23-37-33(5)25-35(41)27-39(37,7)8)15-11-12-16-30(2)18-14-20-32(4)22-24-38-34(6)26-36(42)28-40(38,9)10/h11-25,35-37,41-42H,26-28H2,1-10H3/b12-11+,17-13+,18-14+,23-21+,24-22+,29-15+,30-16+,31-19+,32-20+/t35?,36-,37+/m1/s1. The second-order valence-corrected chi connectivity index (χ2v) is 13.7. The van der Waals surface area contributed by atoms with E-state index in [0.717, 1.165) is 19.3 Å². The fraction of sp³-hybridized carbons (Fsp3) is 0.450. The quantitative estimate of drug-likeness (QED) is 0.203. The molecular formula is C40H56O2. The van der Waals surface area contributed by atoms with Crippen molar-refractivity contribution in [3.8, 4) is 0 Å². The van der Waals surface area contributed by atoms with Gasteiger partial charge in [0.2, 0.25) is 0 Å². The van der Waals surface area contributed by atoms with Crippen LogP contribution < -0.4 is 0 Å². The van der Waals surface area contributed by atoms with Gasteiger partial charge in [-0.3, -0.25) is 0 Å². The van der Waals surface area contributed by atoms with Crippen LogP contribution in [0.2, 0.25) is 0 Å². The highest BCUT2D eigenvalue weighted by atomic mass is 16.3. The summed E-state index contributed by atoms with van der Waals surface area (Å²) in [6, 6.07) is 0. The van der Waals surface area contributed by atoms with Gasteiger partial charge in [-0.1, -0.05) is 152 Å². The summed E-state index contributed by atoms with van der Waals surface area (Å²) in [6.07, 6.45) is 33.8. The van der Waals surface area contributed by atoms with Crippen molar-refractivity contribution in [3.63, 3.8) is 0 Å². The Kier molecular flexibility index (Phi) is 13.5. The van der Waals surface area contributed by atoms with Crippen LogP contribution in [-0.2, 0) is 0 Å². The molecular weight excluding hydrogens is 512 g/mol. The maximum atomic E-state index is 10.1. The summed E-state index contributed by atoms with van der Waals surface area (Å²) in [5.41, 5.74) is 8.73. The zero-order valence-electron chi connectivity index (χ0n) is 27.9. The van der Waals surface area contributed by atoms with E-state index in [2.05, 4.69) is 154 Å². The molecule has 2 N–H and O–H groups in total. The van der Waals surface area contributed by atoms with Crippen LogP contribution in [0, 0.1) is 16.7 Å².